The number of carbonyl (C=O) groups is 3. The van der Waals surface area contributed by atoms with Crippen LogP contribution in [-0.2, 0) is 41.4 Å². The van der Waals surface area contributed by atoms with Crippen molar-refractivity contribution < 1.29 is 47.5 Å². The third-order valence-electron chi connectivity index (χ3n) is 5.34. The molecule has 0 saturated heterocycles. The Bertz CT molecular complexity index is 1080. The van der Waals surface area contributed by atoms with Gasteiger partial charge >= 0.3 is 12.0 Å². The maximum Gasteiger partial charge on any atom is 0.314 e. The highest BCUT2D eigenvalue weighted by atomic mass is 16.7. The van der Waals surface area contributed by atoms with Crippen LogP contribution in [0.5, 0.6) is 11.5 Å². The summed E-state index contributed by atoms with van der Waals surface area (Å²) in [6.45, 7) is 1.39. The number of rotatable bonds is 18. The van der Waals surface area contributed by atoms with E-state index in [2.05, 4.69) is 10.6 Å². The zero-order valence-electron chi connectivity index (χ0n) is 22.7. The number of urea groups is 1. The van der Waals surface area contributed by atoms with Gasteiger partial charge < -0.3 is 43.8 Å². The molecular formula is C27H36N2O10. The highest BCUT2D eigenvalue weighted by molar-refractivity contribution is 5.89. The minimum atomic E-state index is -0.471. The number of carbonyl (C=O) groups excluding carboxylic acids is 3. The van der Waals surface area contributed by atoms with Crippen LogP contribution < -0.4 is 20.1 Å². The summed E-state index contributed by atoms with van der Waals surface area (Å²) in [6, 6.07) is 8.25. The number of amides is 2. The number of esters is 1. The minimum absolute atomic E-state index is 0.0646. The fourth-order valence-electron chi connectivity index (χ4n) is 3.41. The molecule has 0 aromatic heterocycles. The van der Waals surface area contributed by atoms with Crippen LogP contribution in [0.3, 0.4) is 0 Å². The molecule has 0 heterocycles. The second-order valence-corrected chi connectivity index (χ2v) is 8.02. The standard InChI is InChI=1S/C27H36N2O10/c1-28-27(32)29-15-19-5-6-24(38-17-36-9-7-33-2)22(12-19)23-13-20(14-25(31)35-4)11-21(16-30)26(23)39-18-37-10-8-34-3/h5-6,11-13,16H,7-10,14-15,17-18H2,1-4H3,(H2,28,29,32). The van der Waals surface area contributed by atoms with Crippen molar-refractivity contribution in [1.29, 1.82) is 0 Å². The fraction of sp³-hybridized carbons (Fsp3) is 0.444. The van der Waals surface area contributed by atoms with Gasteiger partial charge in [0.2, 0.25) is 0 Å². The molecule has 2 rings (SSSR count). The smallest absolute Gasteiger partial charge is 0.314 e. The third-order valence-corrected chi connectivity index (χ3v) is 5.34. The normalized spacial score (nSPS) is 10.6. The molecule has 0 aliphatic heterocycles. The lowest BCUT2D eigenvalue weighted by Gasteiger charge is -2.19. The zero-order valence-corrected chi connectivity index (χ0v) is 22.7. The second kappa shape index (κ2) is 17.7. The van der Waals surface area contributed by atoms with Gasteiger partial charge in [0, 0.05) is 38.9 Å². The lowest BCUT2D eigenvalue weighted by molar-refractivity contribution is -0.139. The molecule has 2 amide bonds. The Hall–Kier alpha value is -3.71. The molecule has 0 unspecified atom stereocenters. The number of nitrogens with one attached hydrogen (secondary N) is 2. The third kappa shape index (κ3) is 10.5. The predicted octanol–water partition coefficient (Wildman–Crippen LogP) is 2.31. The molecule has 12 heteroatoms. The Morgan fingerprint density at radius 3 is 2.13 bits per heavy atom. The van der Waals surface area contributed by atoms with E-state index in [1.54, 1.807) is 44.6 Å². The largest absolute Gasteiger partial charge is 0.469 e. The Morgan fingerprint density at radius 2 is 1.51 bits per heavy atom. The van der Waals surface area contributed by atoms with Gasteiger partial charge in [-0.3, -0.25) is 9.59 Å². The number of ether oxygens (including phenoxy) is 7. The molecule has 0 radical (unpaired) electrons. The van der Waals surface area contributed by atoms with E-state index in [0.717, 1.165) is 5.56 Å². The van der Waals surface area contributed by atoms with E-state index in [0.29, 0.717) is 48.5 Å². The summed E-state index contributed by atoms with van der Waals surface area (Å²) < 4.78 is 37.5. The van der Waals surface area contributed by atoms with Crippen LogP contribution in [0.15, 0.2) is 30.3 Å². The van der Waals surface area contributed by atoms with E-state index in [-0.39, 0.29) is 50.5 Å². The first-order valence-corrected chi connectivity index (χ1v) is 12.1. The van der Waals surface area contributed by atoms with Crippen molar-refractivity contribution in [3.05, 3.63) is 47.0 Å². The first kappa shape index (κ1) is 31.5. The molecule has 0 saturated carbocycles. The van der Waals surface area contributed by atoms with Gasteiger partial charge in [0.05, 0.1) is 45.5 Å². The van der Waals surface area contributed by atoms with Gasteiger partial charge in [-0.25, -0.2) is 4.79 Å². The molecule has 12 nitrogen and oxygen atoms in total. The molecular weight excluding hydrogens is 512 g/mol. The highest BCUT2D eigenvalue weighted by Crippen LogP contribution is 2.40. The average molecular weight is 549 g/mol. The van der Waals surface area contributed by atoms with E-state index in [4.69, 9.17) is 33.2 Å². The van der Waals surface area contributed by atoms with E-state index >= 15 is 0 Å². The van der Waals surface area contributed by atoms with Crippen LogP contribution in [0.25, 0.3) is 11.1 Å². The summed E-state index contributed by atoms with van der Waals surface area (Å²) in [5, 5.41) is 5.24. The van der Waals surface area contributed by atoms with Crippen LogP contribution in [0.2, 0.25) is 0 Å². The van der Waals surface area contributed by atoms with Crippen LogP contribution in [0.4, 0.5) is 4.79 Å². The van der Waals surface area contributed by atoms with Crippen molar-refractivity contribution in [1.82, 2.24) is 10.6 Å². The minimum Gasteiger partial charge on any atom is -0.469 e. The van der Waals surface area contributed by atoms with E-state index < -0.39 is 5.97 Å². The summed E-state index contributed by atoms with van der Waals surface area (Å²) in [7, 11) is 5.93. The van der Waals surface area contributed by atoms with Crippen molar-refractivity contribution >= 4 is 18.3 Å². The molecule has 2 aromatic rings. The van der Waals surface area contributed by atoms with Crippen molar-refractivity contribution in [2.24, 2.45) is 0 Å². The summed E-state index contributed by atoms with van der Waals surface area (Å²) in [5.74, 6) is 0.187. The summed E-state index contributed by atoms with van der Waals surface area (Å²) >= 11 is 0. The van der Waals surface area contributed by atoms with Crippen LogP contribution in [0, 0.1) is 0 Å². The van der Waals surface area contributed by atoms with Crippen molar-refractivity contribution in [3.8, 4) is 22.6 Å². The van der Waals surface area contributed by atoms with E-state index in [9.17, 15) is 14.4 Å². The molecule has 2 aromatic carbocycles. The van der Waals surface area contributed by atoms with Gasteiger partial charge in [-0.15, -0.1) is 0 Å². The van der Waals surface area contributed by atoms with Gasteiger partial charge in [-0.05, 0) is 35.4 Å². The molecule has 214 valence electrons. The van der Waals surface area contributed by atoms with Gasteiger partial charge in [-0.1, -0.05) is 6.07 Å². The van der Waals surface area contributed by atoms with Crippen LogP contribution >= 0.6 is 0 Å². The molecule has 0 aliphatic rings. The lowest BCUT2D eigenvalue weighted by Crippen LogP contribution is -2.32. The van der Waals surface area contributed by atoms with Crippen molar-refractivity contribution in [2.45, 2.75) is 13.0 Å². The van der Waals surface area contributed by atoms with Crippen molar-refractivity contribution in [3.63, 3.8) is 0 Å². The monoisotopic (exact) mass is 548 g/mol. The first-order valence-electron chi connectivity index (χ1n) is 12.1. The molecule has 2 N–H and O–H groups in total. The van der Waals surface area contributed by atoms with Gasteiger partial charge in [0.1, 0.15) is 11.5 Å². The van der Waals surface area contributed by atoms with E-state index in [1.807, 2.05) is 0 Å². The second-order valence-electron chi connectivity index (χ2n) is 8.02. The lowest BCUT2D eigenvalue weighted by atomic mass is 9.95. The number of aldehydes is 1. The van der Waals surface area contributed by atoms with E-state index in [1.165, 1.54) is 14.2 Å². The number of hydrogen-bond acceptors (Lipinski definition) is 10. The molecule has 0 bridgehead atoms. The Balaban J connectivity index is 2.56. The Kier molecular flexibility index (Phi) is 14.3. The molecule has 0 aliphatic carbocycles. The molecule has 0 fully saturated rings. The summed E-state index contributed by atoms with van der Waals surface area (Å²) in [4.78, 5) is 35.9. The fourth-order valence-corrected chi connectivity index (χ4v) is 3.41. The highest BCUT2D eigenvalue weighted by Gasteiger charge is 2.20. The Morgan fingerprint density at radius 1 is 0.846 bits per heavy atom. The quantitative estimate of drug-likeness (QED) is 0.123. The molecule has 39 heavy (non-hydrogen) atoms. The summed E-state index contributed by atoms with van der Waals surface area (Å²) in [5.41, 5.74) is 2.50. The van der Waals surface area contributed by atoms with Gasteiger partial charge in [-0.2, -0.15) is 0 Å². The van der Waals surface area contributed by atoms with Crippen LogP contribution in [0.1, 0.15) is 21.5 Å². The van der Waals surface area contributed by atoms with Gasteiger partial charge in [0.15, 0.2) is 19.9 Å². The van der Waals surface area contributed by atoms with Crippen LogP contribution in [-0.4, -0.2) is 86.7 Å². The first-order chi connectivity index (χ1) is 19.0. The SMILES string of the molecule is CNC(=O)NCc1ccc(OCOCCOC)c(-c2cc(CC(=O)OC)cc(C=O)c2OCOCCOC)c1. The Labute approximate surface area is 227 Å². The zero-order chi connectivity index (χ0) is 28.5. The molecule has 0 spiro atoms. The average Bonchev–Trinajstić information content (AvgIpc) is 2.96. The van der Waals surface area contributed by atoms with Crippen molar-refractivity contribution in [2.75, 3.05) is 68.4 Å². The number of benzene rings is 2. The molecule has 0 atom stereocenters. The maximum atomic E-state index is 12.1. The number of hydrogen-bond donors (Lipinski definition) is 2. The van der Waals surface area contributed by atoms with Gasteiger partial charge in [0.25, 0.3) is 0 Å². The maximum absolute atomic E-state index is 12.1. The summed E-state index contributed by atoms with van der Waals surface area (Å²) in [6.07, 6.45) is 0.573. The predicted molar refractivity (Wildman–Crippen MR) is 141 cm³/mol. The number of methoxy groups -OCH3 is 3. The topological polar surface area (TPSA) is 140 Å².